The van der Waals surface area contributed by atoms with Gasteiger partial charge in [0, 0.05) is 17.7 Å². The number of ether oxygens (including phenoxy) is 5. The number of aliphatic hydroxyl groups excluding tert-OH is 6. The highest BCUT2D eigenvalue weighted by molar-refractivity contribution is 5.89. The van der Waals surface area contributed by atoms with Crippen molar-refractivity contribution in [1.29, 1.82) is 0 Å². The number of hydrogen-bond donors (Lipinski definition) is 7. The van der Waals surface area contributed by atoms with Crippen LogP contribution in [0.15, 0.2) is 51.7 Å². The van der Waals surface area contributed by atoms with Crippen LogP contribution in [0.3, 0.4) is 0 Å². The molecule has 2 aliphatic heterocycles. The molecule has 42 heavy (non-hydrogen) atoms. The summed E-state index contributed by atoms with van der Waals surface area (Å²) in [6.07, 6.45) is -15.5. The SMILES string of the molecule is COc1c(O[C@@H]2OC(C)[C@H](O)C(O[C@@H]3OC(CO)[C@@H](O)[C@H](O)C3O)[C@@H]2O)cc2oc(-c3ccccc3)cc(=O)c2c1O. The van der Waals surface area contributed by atoms with Gasteiger partial charge in [0.25, 0.3) is 0 Å². The Bertz CT molecular complexity index is 1440. The quantitative estimate of drug-likeness (QED) is 0.179. The van der Waals surface area contributed by atoms with E-state index >= 15 is 0 Å². The van der Waals surface area contributed by atoms with Crippen LogP contribution >= 0.6 is 0 Å². The molecule has 7 N–H and O–H groups in total. The van der Waals surface area contributed by atoms with E-state index in [-0.39, 0.29) is 28.2 Å². The van der Waals surface area contributed by atoms with E-state index in [0.29, 0.717) is 5.56 Å². The molecule has 2 aliphatic rings. The summed E-state index contributed by atoms with van der Waals surface area (Å²) in [5.74, 6) is -0.800. The molecule has 4 unspecified atom stereocenters. The molecule has 228 valence electrons. The molecular weight excluding hydrogens is 560 g/mol. The Kier molecular flexibility index (Phi) is 8.71. The van der Waals surface area contributed by atoms with Gasteiger partial charge >= 0.3 is 0 Å². The van der Waals surface area contributed by atoms with Crippen molar-refractivity contribution < 1.29 is 63.8 Å². The minimum absolute atomic E-state index is 0.0536. The summed E-state index contributed by atoms with van der Waals surface area (Å²) in [7, 11) is 1.23. The lowest BCUT2D eigenvalue weighted by Gasteiger charge is -2.45. The first-order chi connectivity index (χ1) is 20.0. The Balaban J connectivity index is 1.46. The van der Waals surface area contributed by atoms with E-state index in [2.05, 4.69) is 0 Å². The zero-order chi connectivity index (χ0) is 30.3. The summed E-state index contributed by atoms with van der Waals surface area (Å²) in [4.78, 5) is 12.9. The number of rotatable bonds is 7. The molecule has 10 atom stereocenters. The summed E-state index contributed by atoms with van der Waals surface area (Å²) in [6, 6.07) is 11.3. The molecule has 0 bridgehead atoms. The zero-order valence-corrected chi connectivity index (χ0v) is 22.5. The molecule has 5 rings (SSSR count). The molecule has 0 saturated carbocycles. The fourth-order valence-electron chi connectivity index (χ4n) is 5.01. The monoisotopic (exact) mass is 592 g/mol. The third kappa shape index (κ3) is 5.44. The van der Waals surface area contributed by atoms with E-state index in [4.69, 9.17) is 28.1 Å². The van der Waals surface area contributed by atoms with Crippen molar-refractivity contribution in [1.82, 2.24) is 0 Å². The first kappa shape index (κ1) is 30.2. The van der Waals surface area contributed by atoms with Crippen molar-refractivity contribution in [3.05, 3.63) is 52.7 Å². The highest BCUT2D eigenvalue weighted by Crippen LogP contribution is 2.43. The van der Waals surface area contributed by atoms with Crippen LogP contribution in [-0.2, 0) is 14.2 Å². The third-order valence-corrected chi connectivity index (χ3v) is 7.34. The second-order valence-corrected chi connectivity index (χ2v) is 10.1. The molecule has 0 amide bonds. The molecule has 0 aliphatic carbocycles. The van der Waals surface area contributed by atoms with Gasteiger partial charge in [-0.3, -0.25) is 4.79 Å². The van der Waals surface area contributed by atoms with E-state index in [1.807, 2.05) is 0 Å². The molecule has 2 fully saturated rings. The Morgan fingerprint density at radius 1 is 0.881 bits per heavy atom. The molecular formula is C28H32O14. The Morgan fingerprint density at radius 3 is 2.26 bits per heavy atom. The molecule has 14 heteroatoms. The molecule has 1 aromatic heterocycles. The van der Waals surface area contributed by atoms with Crippen molar-refractivity contribution in [3.8, 4) is 28.6 Å². The molecule has 2 aromatic carbocycles. The molecule has 0 radical (unpaired) electrons. The van der Waals surface area contributed by atoms with Gasteiger partial charge in [0.2, 0.25) is 12.0 Å². The van der Waals surface area contributed by atoms with Gasteiger partial charge in [-0.1, -0.05) is 30.3 Å². The predicted octanol–water partition coefficient (Wildman–Crippen LogP) is -0.795. The van der Waals surface area contributed by atoms with Crippen molar-refractivity contribution in [2.75, 3.05) is 13.7 Å². The van der Waals surface area contributed by atoms with Crippen LogP contribution in [-0.4, -0.2) is 111 Å². The van der Waals surface area contributed by atoms with Crippen LogP contribution in [0.25, 0.3) is 22.3 Å². The fraction of sp³-hybridized carbons (Fsp3) is 0.464. The Morgan fingerprint density at radius 2 is 1.60 bits per heavy atom. The smallest absolute Gasteiger partial charge is 0.229 e. The number of phenolic OH excluding ortho intramolecular Hbond substituents is 1. The van der Waals surface area contributed by atoms with Crippen LogP contribution in [0, 0.1) is 0 Å². The average molecular weight is 593 g/mol. The van der Waals surface area contributed by atoms with E-state index in [0.717, 1.165) is 0 Å². The lowest BCUT2D eigenvalue weighted by Crippen LogP contribution is -2.64. The molecule has 3 heterocycles. The Hall–Kier alpha value is -3.31. The zero-order valence-electron chi connectivity index (χ0n) is 22.5. The second-order valence-electron chi connectivity index (χ2n) is 10.1. The number of aromatic hydroxyl groups is 1. The summed E-state index contributed by atoms with van der Waals surface area (Å²) >= 11 is 0. The van der Waals surface area contributed by atoms with Gasteiger partial charge in [-0.25, -0.2) is 0 Å². The highest BCUT2D eigenvalue weighted by Gasteiger charge is 2.50. The van der Waals surface area contributed by atoms with E-state index < -0.39 is 79.2 Å². The number of hydrogen-bond acceptors (Lipinski definition) is 14. The maximum atomic E-state index is 12.9. The lowest BCUT2D eigenvalue weighted by atomic mass is 9.97. The fourth-order valence-corrected chi connectivity index (χ4v) is 5.01. The first-order valence-corrected chi connectivity index (χ1v) is 13.1. The number of phenols is 1. The number of fused-ring (bicyclic) bond motifs is 1. The van der Waals surface area contributed by atoms with E-state index in [9.17, 15) is 40.5 Å². The van der Waals surface area contributed by atoms with Crippen molar-refractivity contribution >= 4 is 11.0 Å². The van der Waals surface area contributed by atoms with Crippen LogP contribution < -0.4 is 14.9 Å². The topological polar surface area (TPSA) is 218 Å². The average Bonchev–Trinajstić information content (AvgIpc) is 2.98. The summed E-state index contributed by atoms with van der Waals surface area (Å²) in [6.45, 7) is 0.746. The summed E-state index contributed by atoms with van der Waals surface area (Å²) in [5, 5.41) is 72.5. The van der Waals surface area contributed by atoms with Gasteiger partial charge in [-0.15, -0.1) is 0 Å². The first-order valence-electron chi connectivity index (χ1n) is 13.1. The summed E-state index contributed by atoms with van der Waals surface area (Å²) < 4.78 is 33.7. The molecule has 0 spiro atoms. The van der Waals surface area contributed by atoms with Crippen molar-refractivity contribution in [3.63, 3.8) is 0 Å². The molecule has 3 aromatic rings. The normalized spacial score (nSPS) is 33.4. The summed E-state index contributed by atoms with van der Waals surface area (Å²) in [5.41, 5.74) is 0.00889. The molecule has 14 nitrogen and oxygen atoms in total. The molecule has 2 saturated heterocycles. The number of methoxy groups -OCH3 is 1. The van der Waals surface area contributed by atoms with E-state index in [1.165, 1.54) is 26.2 Å². The standard InChI is InChI=1S/C28H32O14/c1-11-19(31)26(42-27-23(35)22(34)20(32)17(10-29)41-27)24(36)28(38-11)40-16-9-15-18(21(33)25(16)37-2)13(30)8-14(39-15)12-6-4-3-5-7-12/h3-9,11,17,19-20,22-24,26-29,31-36H,10H2,1-2H3/t11?,17?,19-,20+,22-,23?,24-,26?,27-,28-/m0/s1. The largest absolute Gasteiger partial charge is 0.504 e. The van der Waals surface area contributed by atoms with Crippen LogP contribution in [0.4, 0.5) is 0 Å². The van der Waals surface area contributed by atoms with Gasteiger partial charge in [0.05, 0.1) is 19.8 Å². The minimum Gasteiger partial charge on any atom is -0.504 e. The van der Waals surface area contributed by atoms with Gasteiger partial charge in [-0.2, -0.15) is 0 Å². The predicted molar refractivity (Wildman–Crippen MR) is 142 cm³/mol. The van der Waals surface area contributed by atoms with Gasteiger partial charge in [0.15, 0.2) is 23.2 Å². The Labute approximate surface area is 238 Å². The third-order valence-electron chi connectivity index (χ3n) is 7.34. The minimum atomic E-state index is -1.79. The highest BCUT2D eigenvalue weighted by atomic mass is 16.7. The lowest BCUT2D eigenvalue weighted by molar-refractivity contribution is -0.350. The van der Waals surface area contributed by atoms with Gasteiger partial charge in [0.1, 0.15) is 59.5 Å². The van der Waals surface area contributed by atoms with E-state index in [1.54, 1.807) is 30.3 Å². The van der Waals surface area contributed by atoms with Crippen LogP contribution in [0.1, 0.15) is 6.92 Å². The van der Waals surface area contributed by atoms with Crippen molar-refractivity contribution in [2.45, 2.75) is 68.3 Å². The number of benzene rings is 2. The second kappa shape index (κ2) is 12.1. The maximum Gasteiger partial charge on any atom is 0.229 e. The van der Waals surface area contributed by atoms with Crippen molar-refractivity contribution in [2.24, 2.45) is 0 Å². The van der Waals surface area contributed by atoms with Crippen LogP contribution in [0.5, 0.6) is 17.2 Å². The van der Waals surface area contributed by atoms with Gasteiger partial charge in [-0.05, 0) is 6.92 Å². The van der Waals surface area contributed by atoms with Gasteiger partial charge < -0.3 is 63.8 Å². The van der Waals surface area contributed by atoms with Crippen LogP contribution in [0.2, 0.25) is 0 Å². The number of aliphatic hydroxyl groups is 6. The maximum absolute atomic E-state index is 12.9.